The van der Waals surface area contributed by atoms with Crippen LogP contribution < -0.4 is 5.73 Å². The van der Waals surface area contributed by atoms with Crippen molar-refractivity contribution in [3.05, 3.63) is 18.0 Å². The number of anilines is 1. The second-order valence-electron chi connectivity index (χ2n) is 5.77. The summed E-state index contributed by atoms with van der Waals surface area (Å²) in [7, 11) is 0. The standard InChI is InChI=1S/C15H26N4O/c1-4-5-19-11-13(16)10-14(19)15(20)18-8-6-17(7-9-18)12(2)3/h10-12H,4-9,16H2,1-3H3. The fourth-order valence-electron chi connectivity index (χ4n) is 2.74. The molecular weight excluding hydrogens is 252 g/mol. The minimum atomic E-state index is 0.110. The molecule has 2 rings (SSSR count). The summed E-state index contributed by atoms with van der Waals surface area (Å²) in [6.07, 6.45) is 2.86. The number of hydrogen-bond donors (Lipinski definition) is 1. The molecule has 5 heteroatoms. The lowest BCUT2D eigenvalue weighted by atomic mass is 10.2. The van der Waals surface area contributed by atoms with Gasteiger partial charge in [-0.1, -0.05) is 6.92 Å². The third kappa shape index (κ3) is 3.15. The first-order valence-electron chi connectivity index (χ1n) is 7.52. The Morgan fingerprint density at radius 1 is 1.30 bits per heavy atom. The van der Waals surface area contributed by atoms with E-state index in [2.05, 4.69) is 25.7 Å². The van der Waals surface area contributed by atoms with Crippen molar-refractivity contribution in [2.24, 2.45) is 0 Å². The Bertz CT molecular complexity index is 458. The van der Waals surface area contributed by atoms with Crippen molar-refractivity contribution in [2.75, 3.05) is 31.9 Å². The highest BCUT2D eigenvalue weighted by molar-refractivity contribution is 5.94. The Labute approximate surface area is 121 Å². The second kappa shape index (κ2) is 6.31. The minimum absolute atomic E-state index is 0.110. The largest absolute Gasteiger partial charge is 0.397 e. The Morgan fingerprint density at radius 2 is 1.95 bits per heavy atom. The SMILES string of the molecule is CCCn1cc(N)cc1C(=O)N1CCN(C(C)C)CC1. The van der Waals surface area contributed by atoms with E-state index in [9.17, 15) is 4.79 Å². The van der Waals surface area contributed by atoms with E-state index in [-0.39, 0.29) is 5.91 Å². The first kappa shape index (κ1) is 14.9. The van der Waals surface area contributed by atoms with Gasteiger partial charge >= 0.3 is 0 Å². The Morgan fingerprint density at radius 3 is 2.50 bits per heavy atom. The van der Waals surface area contributed by atoms with E-state index in [0.717, 1.165) is 44.8 Å². The molecule has 0 saturated carbocycles. The highest BCUT2D eigenvalue weighted by Crippen LogP contribution is 2.16. The lowest BCUT2D eigenvalue weighted by molar-refractivity contribution is 0.0585. The Balaban J connectivity index is 2.05. The number of carbonyl (C=O) groups excluding carboxylic acids is 1. The molecule has 0 spiro atoms. The molecule has 0 radical (unpaired) electrons. The highest BCUT2D eigenvalue weighted by Gasteiger charge is 2.25. The van der Waals surface area contributed by atoms with Gasteiger partial charge in [0.1, 0.15) is 5.69 Å². The van der Waals surface area contributed by atoms with Gasteiger partial charge in [-0.25, -0.2) is 0 Å². The number of carbonyl (C=O) groups is 1. The van der Waals surface area contributed by atoms with Gasteiger partial charge in [0.25, 0.3) is 5.91 Å². The lowest BCUT2D eigenvalue weighted by Crippen LogP contribution is -2.51. The summed E-state index contributed by atoms with van der Waals surface area (Å²) in [6.45, 7) is 10.8. The van der Waals surface area contributed by atoms with Gasteiger partial charge in [0.2, 0.25) is 0 Å². The number of amides is 1. The molecule has 1 saturated heterocycles. The number of rotatable bonds is 4. The molecule has 20 heavy (non-hydrogen) atoms. The summed E-state index contributed by atoms with van der Waals surface area (Å²) in [5.41, 5.74) is 7.23. The maximum atomic E-state index is 12.6. The number of piperazine rings is 1. The van der Waals surface area contributed by atoms with E-state index in [0.29, 0.717) is 11.7 Å². The monoisotopic (exact) mass is 278 g/mol. The molecule has 1 aliphatic rings. The Kier molecular flexibility index (Phi) is 4.70. The number of aromatic nitrogens is 1. The molecule has 1 aromatic heterocycles. The smallest absolute Gasteiger partial charge is 0.270 e. The van der Waals surface area contributed by atoms with Gasteiger partial charge in [0.05, 0.1) is 5.69 Å². The summed E-state index contributed by atoms with van der Waals surface area (Å²) in [5.74, 6) is 0.110. The quantitative estimate of drug-likeness (QED) is 0.911. The van der Waals surface area contributed by atoms with Crippen molar-refractivity contribution in [1.29, 1.82) is 0 Å². The number of aryl methyl sites for hydroxylation is 1. The predicted molar refractivity (Wildman–Crippen MR) is 81.7 cm³/mol. The number of nitrogen functional groups attached to an aromatic ring is 1. The van der Waals surface area contributed by atoms with Crippen molar-refractivity contribution in [3.63, 3.8) is 0 Å². The molecule has 0 bridgehead atoms. The van der Waals surface area contributed by atoms with Crippen molar-refractivity contribution >= 4 is 11.6 Å². The van der Waals surface area contributed by atoms with E-state index in [1.54, 1.807) is 6.07 Å². The summed E-state index contributed by atoms with van der Waals surface area (Å²) in [5, 5.41) is 0. The van der Waals surface area contributed by atoms with Crippen LogP contribution in [0.25, 0.3) is 0 Å². The summed E-state index contributed by atoms with van der Waals surface area (Å²) in [4.78, 5) is 17.0. The van der Waals surface area contributed by atoms with Crippen LogP contribution in [0.1, 0.15) is 37.7 Å². The zero-order chi connectivity index (χ0) is 14.7. The van der Waals surface area contributed by atoms with Crippen LogP contribution in [0.5, 0.6) is 0 Å². The number of hydrogen-bond acceptors (Lipinski definition) is 3. The third-order valence-electron chi connectivity index (χ3n) is 3.93. The molecule has 1 aromatic rings. The first-order valence-corrected chi connectivity index (χ1v) is 7.52. The first-order chi connectivity index (χ1) is 9.52. The summed E-state index contributed by atoms with van der Waals surface area (Å²) < 4.78 is 1.98. The van der Waals surface area contributed by atoms with E-state index >= 15 is 0 Å². The predicted octanol–water partition coefficient (Wildman–Crippen LogP) is 1.65. The molecule has 2 heterocycles. The van der Waals surface area contributed by atoms with Crippen LogP contribution >= 0.6 is 0 Å². The van der Waals surface area contributed by atoms with Crippen molar-refractivity contribution < 1.29 is 4.79 Å². The van der Waals surface area contributed by atoms with Gasteiger partial charge in [-0.05, 0) is 26.3 Å². The van der Waals surface area contributed by atoms with Gasteiger partial charge in [-0.15, -0.1) is 0 Å². The van der Waals surface area contributed by atoms with Crippen molar-refractivity contribution in [1.82, 2.24) is 14.4 Å². The maximum Gasteiger partial charge on any atom is 0.270 e. The van der Waals surface area contributed by atoms with E-state index in [1.807, 2.05) is 15.7 Å². The molecule has 0 atom stereocenters. The normalized spacial score (nSPS) is 16.9. The van der Waals surface area contributed by atoms with Crippen LogP contribution in [-0.2, 0) is 6.54 Å². The average molecular weight is 278 g/mol. The van der Waals surface area contributed by atoms with E-state index in [4.69, 9.17) is 5.73 Å². The van der Waals surface area contributed by atoms with Crippen LogP contribution in [0.4, 0.5) is 5.69 Å². The minimum Gasteiger partial charge on any atom is -0.397 e. The second-order valence-corrected chi connectivity index (χ2v) is 5.77. The molecule has 1 fully saturated rings. The van der Waals surface area contributed by atoms with Gasteiger partial charge in [0.15, 0.2) is 0 Å². The molecule has 5 nitrogen and oxygen atoms in total. The zero-order valence-electron chi connectivity index (χ0n) is 12.8. The third-order valence-corrected chi connectivity index (χ3v) is 3.93. The van der Waals surface area contributed by atoms with Crippen LogP contribution in [0.2, 0.25) is 0 Å². The molecule has 0 aliphatic carbocycles. The van der Waals surface area contributed by atoms with Crippen LogP contribution in [0.3, 0.4) is 0 Å². The molecule has 1 amide bonds. The Hall–Kier alpha value is -1.49. The number of nitrogens with zero attached hydrogens (tertiary/aromatic N) is 3. The van der Waals surface area contributed by atoms with Gasteiger partial charge < -0.3 is 15.2 Å². The highest BCUT2D eigenvalue weighted by atomic mass is 16.2. The average Bonchev–Trinajstić information content (AvgIpc) is 2.79. The summed E-state index contributed by atoms with van der Waals surface area (Å²) >= 11 is 0. The molecule has 0 unspecified atom stereocenters. The van der Waals surface area contributed by atoms with Gasteiger partial charge in [0, 0.05) is 45.0 Å². The van der Waals surface area contributed by atoms with Crippen LogP contribution in [0.15, 0.2) is 12.3 Å². The van der Waals surface area contributed by atoms with Crippen LogP contribution in [0, 0.1) is 0 Å². The van der Waals surface area contributed by atoms with Gasteiger partial charge in [-0.3, -0.25) is 9.69 Å². The maximum absolute atomic E-state index is 12.6. The van der Waals surface area contributed by atoms with E-state index < -0.39 is 0 Å². The van der Waals surface area contributed by atoms with Gasteiger partial charge in [-0.2, -0.15) is 0 Å². The topological polar surface area (TPSA) is 54.5 Å². The van der Waals surface area contributed by atoms with E-state index in [1.165, 1.54) is 0 Å². The molecule has 2 N–H and O–H groups in total. The lowest BCUT2D eigenvalue weighted by Gasteiger charge is -2.37. The number of nitrogens with two attached hydrogens (primary N) is 1. The van der Waals surface area contributed by atoms with Crippen molar-refractivity contribution in [3.8, 4) is 0 Å². The summed E-state index contributed by atoms with van der Waals surface area (Å²) in [6, 6.07) is 2.35. The fourth-order valence-corrected chi connectivity index (χ4v) is 2.74. The molecule has 112 valence electrons. The molecule has 1 aliphatic heterocycles. The molecular formula is C15H26N4O. The zero-order valence-corrected chi connectivity index (χ0v) is 12.8. The molecule has 0 aromatic carbocycles. The fraction of sp³-hybridized carbons (Fsp3) is 0.667. The van der Waals surface area contributed by atoms with Crippen LogP contribution in [-0.4, -0.2) is 52.5 Å². The van der Waals surface area contributed by atoms with Crippen molar-refractivity contribution in [2.45, 2.75) is 39.8 Å².